The van der Waals surface area contributed by atoms with Crippen molar-refractivity contribution in [3.63, 3.8) is 0 Å². The van der Waals surface area contributed by atoms with Crippen LogP contribution in [0.25, 0.3) is 10.9 Å². The molecule has 0 amide bonds. The topological polar surface area (TPSA) is 41.0 Å². The molecule has 1 spiro atoms. The summed E-state index contributed by atoms with van der Waals surface area (Å²) in [6.07, 6.45) is 3.39. The molecule has 1 unspecified atom stereocenters. The molecule has 0 saturated carbocycles. The Balaban J connectivity index is 1.84. The molecule has 1 N–H and O–H groups in total. The van der Waals surface area contributed by atoms with Crippen LogP contribution in [-0.4, -0.2) is 35.1 Å². The van der Waals surface area contributed by atoms with Gasteiger partial charge in [-0.2, -0.15) is 4.98 Å². The SMILES string of the molecule is Fc1c(Br)c(Cl)cc2c(N3CCC4(CCCN4)C3)nc(Cl)nc12. The summed E-state index contributed by atoms with van der Waals surface area (Å²) in [5.74, 6) is 0.143. The molecule has 1 aromatic carbocycles. The molecule has 0 bridgehead atoms. The molecular weight excluding hydrogens is 406 g/mol. The fourth-order valence-electron chi connectivity index (χ4n) is 3.64. The van der Waals surface area contributed by atoms with Crippen molar-refractivity contribution in [1.82, 2.24) is 15.3 Å². The third kappa shape index (κ3) is 2.60. The number of nitrogens with zero attached hydrogens (tertiary/aromatic N) is 3. The molecular formula is C15H14BrCl2FN4. The predicted octanol–water partition coefficient (Wildman–Crippen LogP) is 4.17. The van der Waals surface area contributed by atoms with Crippen molar-refractivity contribution in [3.05, 3.63) is 26.7 Å². The zero-order valence-corrected chi connectivity index (χ0v) is 15.3. The van der Waals surface area contributed by atoms with Crippen molar-refractivity contribution in [1.29, 1.82) is 0 Å². The van der Waals surface area contributed by atoms with E-state index in [2.05, 4.69) is 36.1 Å². The minimum Gasteiger partial charge on any atom is -0.354 e. The van der Waals surface area contributed by atoms with E-state index < -0.39 is 5.82 Å². The van der Waals surface area contributed by atoms with Gasteiger partial charge in [-0.3, -0.25) is 0 Å². The van der Waals surface area contributed by atoms with Gasteiger partial charge in [-0.1, -0.05) is 11.6 Å². The Labute approximate surface area is 151 Å². The van der Waals surface area contributed by atoms with Gasteiger partial charge in [-0.15, -0.1) is 0 Å². The highest BCUT2D eigenvalue weighted by atomic mass is 79.9. The van der Waals surface area contributed by atoms with Crippen LogP contribution in [0.3, 0.4) is 0 Å². The van der Waals surface area contributed by atoms with Gasteiger partial charge in [0, 0.05) is 24.0 Å². The molecule has 2 aliphatic rings. The molecule has 4 nitrogen and oxygen atoms in total. The normalized spacial score (nSPS) is 24.3. The van der Waals surface area contributed by atoms with E-state index in [1.165, 1.54) is 6.42 Å². The van der Waals surface area contributed by atoms with Crippen LogP contribution in [0.5, 0.6) is 0 Å². The highest BCUT2D eigenvalue weighted by Gasteiger charge is 2.41. The number of halogens is 4. The number of anilines is 1. The maximum absolute atomic E-state index is 14.5. The van der Waals surface area contributed by atoms with Crippen molar-refractivity contribution >= 4 is 55.9 Å². The van der Waals surface area contributed by atoms with Crippen LogP contribution in [0.15, 0.2) is 10.5 Å². The summed E-state index contributed by atoms with van der Waals surface area (Å²) < 4.78 is 14.7. The first kappa shape index (κ1) is 15.8. The first-order chi connectivity index (χ1) is 11.0. The lowest BCUT2D eigenvalue weighted by Crippen LogP contribution is -2.42. The number of aromatic nitrogens is 2. The maximum Gasteiger partial charge on any atom is 0.225 e. The van der Waals surface area contributed by atoms with Crippen LogP contribution in [-0.2, 0) is 0 Å². The first-order valence-electron chi connectivity index (χ1n) is 7.50. The summed E-state index contributed by atoms with van der Waals surface area (Å²) in [5.41, 5.74) is 0.332. The fourth-order valence-corrected chi connectivity index (χ4v) is 4.30. The van der Waals surface area contributed by atoms with Gasteiger partial charge in [0.25, 0.3) is 0 Å². The van der Waals surface area contributed by atoms with Crippen molar-refractivity contribution in [3.8, 4) is 0 Å². The molecule has 1 aromatic heterocycles. The highest BCUT2D eigenvalue weighted by Crippen LogP contribution is 2.39. The molecule has 0 aliphatic carbocycles. The van der Waals surface area contributed by atoms with Crippen molar-refractivity contribution < 1.29 is 4.39 Å². The van der Waals surface area contributed by atoms with E-state index in [4.69, 9.17) is 23.2 Å². The second kappa shape index (κ2) is 5.69. The second-order valence-electron chi connectivity index (χ2n) is 6.18. The maximum atomic E-state index is 14.5. The Bertz CT molecular complexity index is 795. The summed E-state index contributed by atoms with van der Waals surface area (Å²) in [6.45, 7) is 2.74. The van der Waals surface area contributed by atoms with Crippen LogP contribution in [0.1, 0.15) is 19.3 Å². The molecule has 8 heteroatoms. The quantitative estimate of drug-likeness (QED) is 0.556. The van der Waals surface area contributed by atoms with Crippen LogP contribution in [0.2, 0.25) is 10.3 Å². The fraction of sp³-hybridized carbons (Fsp3) is 0.467. The van der Waals surface area contributed by atoms with Gasteiger partial charge in [0.05, 0.1) is 9.50 Å². The van der Waals surface area contributed by atoms with Gasteiger partial charge in [0.1, 0.15) is 11.3 Å². The Morgan fingerprint density at radius 3 is 2.87 bits per heavy atom. The number of fused-ring (bicyclic) bond motifs is 1. The number of benzene rings is 1. The number of nitrogens with one attached hydrogen (secondary N) is 1. The van der Waals surface area contributed by atoms with Crippen molar-refractivity contribution in [2.75, 3.05) is 24.5 Å². The van der Waals surface area contributed by atoms with Gasteiger partial charge in [-0.05, 0) is 59.4 Å². The lowest BCUT2D eigenvalue weighted by molar-refractivity contribution is 0.418. The van der Waals surface area contributed by atoms with Gasteiger partial charge in [0.15, 0.2) is 5.82 Å². The highest BCUT2D eigenvalue weighted by molar-refractivity contribution is 9.10. The van der Waals surface area contributed by atoms with Gasteiger partial charge < -0.3 is 10.2 Å². The zero-order chi connectivity index (χ0) is 16.2. The van der Waals surface area contributed by atoms with Crippen LogP contribution in [0.4, 0.5) is 10.2 Å². The second-order valence-corrected chi connectivity index (χ2v) is 7.72. The van der Waals surface area contributed by atoms with Crippen LogP contribution < -0.4 is 10.2 Å². The van der Waals surface area contributed by atoms with E-state index in [-0.39, 0.29) is 20.8 Å². The monoisotopic (exact) mass is 418 g/mol. The molecule has 1 atom stereocenters. The van der Waals surface area contributed by atoms with E-state index in [0.717, 1.165) is 32.5 Å². The Morgan fingerprint density at radius 2 is 2.13 bits per heavy atom. The van der Waals surface area contributed by atoms with E-state index in [1.54, 1.807) is 6.07 Å². The predicted molar refractivity (Wildman–Crippen MR) is 94.0 cm³/mol. The van der Waals surface area contributed by atoms with Crippen LogP contribution in [0, 0.1) is 5.82 Å². The molecule has 4 rings (SSSR count). The molecule has 2 aliphatic heterocycles. The summed E-state index contributed by atoms with van der Waals surface area (Å²) in [4.78, 5) is 10.6. The zero-order valence-electron chi connectivity index (χ0n) is 12.2. The van der Waals surface area contributed by atoms with E-state index in [9.17, 15) is 4.39 Å². The first-order valence-corrected chi connectivity index (χ1v) is 9.05. The van der Waals surface area contributed by atoms with E-state index >= 15 is 0 Å². The minimum absolute atomic E-state index is 0.0425. The Kier molecular flexibility index (Phi) is 3.91. The lowest BCUT2D eigenvalue weighted by Gasteiger charge is -2.25. The summed E-state index contributed by atoms with van der Waals surface area (Å²) in [5, 5.41) is 4.54. The molecule has 2 aromatic rings. The summed E-state index contributed by atoms with van der Waals surface area (Å²) in [7, 11) is 0. The van der Waals surface area contributed by atoms with Crippen molar-refractivity contribution in [2.24, 2.45) is 0 Å². The molecule has 2 fully saturated rings. The molecule has 2 saturated heterocycles. The number of rotatable bonds is 1. The van der Waals surface area contributed by atoms with Crippen LogP contribution >= 0.6 is 39.1 Å². The average molecular weight is 420 g/mol. The van der Waals surface area contributed by atoms with Gasteiger partial charge in [0.2, 0.25) is 5.28 Å². The number of hydrogen-bond acceptors (Lipinski definition) is 4. The largest absolute Gasteiger partial charge is 0.354 e. The molecule has 3 heterocycles. The Morgan fingerprint density at radius 1 is 1.30 bits per heavy atom. The standard InChI is InChI=1S/C15H14BrCl2FN4/c16-10-9(17)6-8-12(11(10)19)21-14(18)22-13(8)23-5-3-15(7-23)2-1-4-20-15/h6,20H,1-5,7H2. The third-order valence-electron chi connectivity index (χ3n) is 4.77. The smallest absolute Gasteiger partial charge is 0.225 e. The minimum atomic E-state index is -0.508. The number of hydrogen-bond donors (Lipinski definition) is 1. The summed E-state index contributed by atoms with van der Waals surface area (Å²) >= 11 is 15.3. The molecule has 122 valence electrons. The average Bonchev–Trinajstić information content (AvgIpc) is 3.16. The molecule has 23 heavy (non-hydrogen) atoms. The summed E-state index contributed by atoms with van der Waals surface area (Å²) in [6, 6.07) is 1.70. The van der Waals surface area contributed by atoms with E-state index in [0.29, 0.717) is 16.2 Å². The third-order valence-corrected chi connectivity index (χ3v) is 6.24. The van der Waals surface area contributed by atoms with E-state index in [1.807, 2.05) is 0 Å². The van der Waals surface area contributed by atoms with Gasteiger partial charge >= 0.3 is 0 Å². The lowest BCUT2D eigenvalue weighted by atomic mass is 9.97. The van der Waals surface area contributed by atoms with Gasteiger partial charge in [-0.25, -0.2) is 9.37 Å². The Hall–Kier alpha value is -0.690. The molecule has 0 radical (unpaired) electrons. The van der Waals surface area contributed by atoms with Crippen molar-refractivity contribution in [2.45, 2.75) is 24.8 Å².